The molecule has 0 radical (unpaired) electrons. The van der Waals surface area contributed by atoms with Gasteiger partial charge in [0.1, 0.15) is 4.90 Å². The summed E-state index contributed by atoms with van der Waals surface area (Å²) in [5, 5.41) is 11.0. The molecule has 8 heteroatoms. The Morgan fingerprint density at radius 2 is 1.79 bits per heavy atom. The monoisotopic (exact) mass is 281 g/mol. The maximum atomic E-state index is 11.0. The van der Waals surface area contributed by atoms with Crippen LogP contribution in [-0.2, 0) is 10.1 Å². The van der Waals surface area contributed by atoms with E-state index in [-0.39, 0.29) is 5.69 Å². The summed E-state index contributed by atoms with van der Waals surface area (Å²) in [5.41, 5.74) is -0.204. The standard InChI is InChI=1S/C11H8N2O5S/c14-13(15)11-8-9(19(16,17)18)4-5-10(11)12-6-2-1-3-7-12/h1-8H/p+1. The summed E-state index contributed by atoms with van der Waals surface area (Å²) < 4.78 is 32.3. The minimum atomic E-state index is -4.47. The minimum Gasteiger partial charge on any atom is -0.282 e. The number of hydrogen-bond acceptors (Lipinski definition) is 4. The van der Waals surface area contributed by atoms with Crippen LogP contribution >= 0.6 is 0 Å². The SMILES string of the molecule is O=[N+]([O-])c1cc(S(=O)(=O)O)ccc1-[n+]1ccccc1. The molecule has 0 aliphatic carbocycles. The van der Waals surface area contributed by atoms with Crippen LogP contribution in [0.4, 0.5) is 5.69 Å². The van der Waals surface area contributed by atoms with Crippen molar-refractivity contribution in [2.24, 2.45) is 0 Å². The Balaban J connectivity index is 2.67. The van der Waals surface area contributed by atoms with Gasteiger partial charge >= 0.3 is 5.69 Å². The largest absolute Gasteiger partial charge is 0.341 e. The summed E-state index contributed by atoms with van der Waals surface area (Å²) in [7, 11) is -4.47. The van der Waals surface area contributed by atoms with Crippen molar-refractivity contribution in [3.8, 4) is 5.69 Å². The van der Waals surface area contributed by atoms with Crippen molar-refractivity contribution in [3.05, 3.63) is 58.9 Å². The van der Waals surface area contributed by atoms with Gasteiger partial charge in [0.2, 0.25) is 0 Å². The maximum absolute atomic E-state index is 11.0. The molecular formula is C11H9N2O5S+. The summed E-state index contributed by atoms with van der Waals surface area (Å²) in [6.07, 6.45) is 3.19. The van der Waals surface area contributed by atoms with Gasteiger partial charge in [-0.15, -0.1) is 0 Å². The van der Waals surface area contributed by atoms with E-state index in [2.05, 4.69) is 0 Å². The van der Waals surface area contributed by atoms with E-state index in [9.17, 15) is 18.5 Å². The number of pyridine rings is 1. The van der Waals surface area contributed by atoms with Gasteiger partial charge in [-0.3, -0.25) is 14.7 Å². The quantitative estimate of drug-likeness (QED) is 0.393. The van der Waals surface area contributed by atoms with Crippen LogP contribution in [0.3, 0.4) is 0 Å². The van der Waals surface area contributed by atoms with Crippen molar-refractivity contribution in [2.75, 3.05) is 0 Å². The molecule has 0 amide bonds. The molecule has 2 rings (SSSR count). The Morgan fingerprint density at radius 1 is 1.16 bits per heavy atom. The van der Waals surface area contributed by atoms with Crippen molar-refractivity contribution in [1.29, 1.82) is 0 Å². The molecule has 0 atom stereocenters. The number of nitro groups is 1. The van der Waals surface area contributed by atoms with Gasteiger partial charge in [-0.05, 0) is 6.07 Å². The smallest absolute Gasteiger partial charge is 0.282 e. The highest BCUT2D eigenvalue weighted by Crippen LogP contribution is 2.22. The second-order valence-electron chi connectivity index (χ2n) is 3.67. The maximum Gasteiger partial charge on any atom is 0.341 e. The van der Waals surface area contributed by atoms with Crippen molar-refractivity contribution >= 4 is 15.8 Å². The van der Waals surface area contributed by atoms with E-state index in [1.807, 2.05) is 0 Å². The third-order valence-electron chi connectivity index (χ3n) is 2.44. The number of nitro benzene ring substituents is 1. The molecule has 0 saturated carbocycles. The Morgan fingerprint density at radius 3 is 2.32 bits per heavy atom. The number of benzene rings is 1. The lowest BCUT2D eigenvalue weighted by Crippen LogP contribution is -2.30. The minimum absolute atomic E-state index is 0.206. The molecule has 1 aromatic heterocycles. The Labute approximate surface area is 108 Å². The van der Waals surface area contributed by atoms with Crippen LogP contribution in [0.25, 0.3) is 5.69 Å². The van der Waals surface area contributed by atoms with Crippen molar-refractivity contribution < 1.29 is 22.5 Å². The summed E-state index contributed by atoms with van der Waals surface area (Å²) in [4.78, 5) is 9.77. The van der Waals surface area contributed by atoms with E-state index in [0.29, 0.717) is 0 Å². The second-order valence-corrected chi connectivity index (χ2v) is 5.09. The predicted molar refractivity (Wildman–Crippen MR) is 64.4 cm³/mol. The first-order chi connectivity index (χ1) is 8.89. The van der Waals surface area contributed by atoms with Gasteiger partial charge in [0.05, 0.1) is 4.92 Å². The normalized spacial score (nSPS) is 11.2. The van der Waals surface area contributed by atoms with Crippen molar-refractivity contribution in [3.63, 3.8) is 0 Å². The van der Waals surface area contributed by atoms with Crippen LogP contribution in [0.15, 0.2) is 53.7 Å². The molecule has 0 aliphatic rings. The van der Waals surface area contributed by atoms with Gasteiger partial charge in [0, 0.05) is 24.3 Å². The first-order valence-electron chi connectivity index (χ1n) is 5.12. The predicted octanol–water partition coefficient (Wildman–Crippen LogP) is 1.12. The molecule has 0 fully saturated rings. The molecule has 1 aromatic carbocycles. The van der Waals surface area contributed by atoms with E-state index < -0.39 is 25.6 Å². The average Bonchev–Trinajstić information content (AvgIpc) is 2.38. The number of hydrogen-bond donors (Lipinski definition) is 1. The molecule has 0 saturated heterocycles. The summed E-state index contributed by atoms with van der Waals surface area (Å²) in [5.74, 6) is 0. The van der Waals surface area contributed by atoms with Gasteiger partial charge in [0.25, 0.3) is 15.8 Å². The highest BCUT2D eigenvalue weighted by Gasteiger charge is 2.25. The van der Waals surface area contributed by atoms with E-state index >= 15 is 0 Å². The fraction of sp³-hybridized carbons (Fsp3) is 0. The Bertz CT molecular complexity index is 728. The lowest BCUT2D eigenvalue weighted by atomic mass is 10.2. The zero-order chi connectivity index (χ0) is 14.0. The second kappa shape index (κ2) is 4.75. The van der Waals surface area contributed by atoms with Crippen LogP contribution in [0.5, 0.6) is 0 Å². The van der Waals surface area contributed by atoms with Gasteiger partial charge in [-0.1, -0.05) is 6.07 Å². The van der Waals surface area contributed by atoms with Crippen LogP contribution in [-0.4, -0.2) is 17.9 Å². The van der Waals surface area contributed by atoms with Crippen LogP contribution in [0.2, 0.25) is 0 Å². The molecule has 0 unspecified atom stereocenters. The zero-order valence-electron chi connectivity index (χ0n) is 9.50. The van der Waals surface area contributed by atoms with Gasteiger partial charge in [0.15, 0.2) is 12.4 Å². The van der Waals surface area contributed by atoms with Crippen molar-refractivity contribution in [1.82, 2.24) is 0 Å². The number of rotatable bonds is 3. The lowest BCUT2D eigenvalue weighted by Gasteiger charge is -2.00. The Hall–Kier alpha value is -2.32. The highest BCUT2D eigenvalue weighted by atomic mass is 32.2. The molecule has 0 aliphatic heterocycles. The molecule has 7 nitrogen and oxygen atoms in total. The molecule has 1 heterocycles. The van der Waals surface area contributed by atoms with E-state index in [0.717, 1.165) is 12.1 Å². The van der Waals surface area contributed by atoms with Gasteiger partial charge in [-0.25, -0.2) is 0 Å². The third-order valence-corrected chi connectivity index (χ3v) is 3.28. The van der Waals surface area contributed by atoms with E-state index in [4.69, 9.17) is 4.55 Å². The summed E-state index contributed by atoms with van der Waals surface area (Å²) >= 11 is 0. The topological polar surface area (TPSA) is 101 Å². The fourth-order valence-electron chi connectivity index (χ4n) is 1.59. The molecule has 98 valence electrons. The third kappa shape index (κ3) is 2.75. The molecule has 0 bridgehead atoms. The molecule has 1 N–H and O–H groups in total. The summed E-state index contributed by atoms with van der Waals surface area (Å²) in [6, 6.07) is 8.30. The average molecular weight is 281 g/mol. The molecular weight excluding hydrogens is 272 g/mol. The lowest BCUT2D eigenvalue weighted by molar-refractivity contribution is -0.600. The number of nitrogens with zero attached hydrogens (tertiary/aromatic N) is 2. The molecule has 2 aromatic rings. The van der Waals surface area contributed by atoms with E-state index in [1.54, 1.807) is 30.6 Å². The van der Waals surface area contributed by atoms with Gasteiger partial charge < -0.3 is 0 Å². The number of aromatic nitrogens is 1. The fourth-order valence-corrected chi connectivity index (χ4v) is 2.09. The van der Waals surface area contributed by atoms with Crippen molar-refractivity contribution in [2.45, 2.75) is 4.90 Å². The van der Waals surface area contributed by atoms with Crippen LogP contribution in [0, 0.1) is 10.1 Å². The zero-order valence-corrected chi connectivity index (χ0v) is 10.3. The first-order valence-corrected chi connectivity index (χ1v) is 6.56. The van der Waals surface area contributed by atoms with E-state index in [1.165, 1.54) is 10.6 Å². The van der Waals surface area contributed by atoms with Crippen LogP contribution < -0.4 is 4.57 Å². The first kappa shape index (κ1) is 13.1. The summed E-state index contributed by atoms with van der Waals surface area (Å²) in [6.45, 7) is 0. The van der Waals surface area contributed by atoms with Gasteiger partial charge in [-0.2, -0.15) is 13.0 Å². The molecule has 0 spiro atoms. The molecule has 19 heavy (non-hydrogen) atoms. The van der Waals surface area contributed by atoms with Crippen LogP contribution in [0.1, 0.15) is 0 Å². The Kier molecular flexibility index (Phi) is 3.28. The highest BCUT2D eigenvalue weighted by molar-refractivity contribution is 7.85.